The van der Waals surface area contributed by atoms with Gasteiger partial charge in [0.15, 0.2) is 10.6 Å². The van der Waals surface area contributed by atoms with E-state index < -0.39 is 4.84 Å². The van der Waals surface area contributed by atoms with Gasteiger partial charge >= 0.3 is 0 Å². The third kappa shape index (κ3) is 3.69. The molecule has 1 nitrogen and oxygen atoms in total. The summed E-state index contributed by atoms with van der Waals surface area (Å²) in [5.41, 5.74) is 2.73. The first kappa shape index (κ1) is 13.9. The second-order valence-electron chi connectivity index (χ2n) is 3.99. The van der Waals surface area contributed by atoms with Gasteiger partial charge in [0.05, 0.1) is 0 Å². The van der Waals surface area contributed by atoms with Gasteiger partial charge in [-0.15, -0.1) is 0 Å². The summed E-state index contributed by atoms with van der Waals surface area (Å²) < 4.78 is 0. The zero-order chi connectivity index (χ0) is 13.7. The highest BCUT2D eigenvalue weighted by molar-refractivity contribution is 6.55. The maximum Gasteiger partial charge on any atom is 0.189 e. The number of halogens is 2. The van der Waals surface area contributed by atoms with Crippen LogP contribution in [0, 0.1) is 0 Å². The van der Waals surface area contributed by atoms with Crippen LogP contribution in [0.25, 0.3) is 5.57 Å². The van der Waals surface area contributed by atoms with E-state index in [2.05, 4.69) is 0 Å². The van der Waals surface area contributed by atoms with Crippen molar-refractivity contribution in [2.24, 2.45) is 0 Å². The molecule has 96 valence electrons. The van der Waals surface area contributed by atoms with Gasteiger partial charge in [0.2, 0.25) is 0 Å². The number of benzene rings is 2. The van der Waals surface area contributed by atoms with Gasteiger partial charge in [-0.3, -0.25) is 4.79 Å². The lowest BCUT2D eigenvalue weighted by Gasteiger charge is -2.08. The molecule has 0 aliphatic carbocycles. The molecule has 0 radical (unpaired) electrons. The van der Waals surface area contributed by atoms with Gasteiger partial charge in [0.1, 0.15) is 0 Å². The molecule has 0 amide bonds. The number of rotatable bonds is 4. The first-order valence-electron chi connectivity index (χ1n) is 5.83. The van der Waals surface area contributed by atoms with Crippen molar-refractivity contribution in [3.8, 4) is 0 Å². The van der Waals surface area contributed by atoms with Crippen LogP contribution in [0.5, 0.6) is 0 Å². The summed E-state index contributed by atoms with van der Waals surface area (Å²) in [6.07, 6.45) is 1.50. The molecule has 0 spiro atoms. The highest BCUT2D eigenvalue weighted by atomic mass is 35.5. The summed E-state index contributed by atoms with van der Waals surface area (Å²) in [5.74, 6) is -0.314. The summed E-state index contributed by atoms with van der Waals surface area (Å²) in [5, 5.41) is 0. The molecule has 0 fully saturated rings. The fourth-order valence-electron chi connectivity index (χ4n) is 1.77. The van der Waals surface area contributed by atoms with Crippen LogP contribution >= 0.6 is 23.2 Å². The highest BCUT2D eigenvalue weighted by Gasteiger charge is 2.12. The standard InChI is InChI=1S/C16H12Cl2O/c17-16(18)15(19)11-14(12-7-3-1-4-8-12)13-9-5-2-6-10-13/h1-11,16H. The minimum atomic E-state index is -1.04. The van der Waals surface area contributed by atoms with Crippen LogP contribution in [0.1, 0.15) is 11.1 Å². The Morgan fingerprint density at radius 1 is 0.842 bits per heavy atom. The number of hydrogen-bond acceptors (Lipinski definition) is 1. The number of alkyl halides is 2. The second kappa shape index (κ2) is 6.55. The van der Waals surface area contributed by atoms with Crippen molar-refractivity contribution in [2.75, 3.05) is 0 Å². The molecule has 2 aromatic carbocycles. The molecule has 0 bridgehead atoms. The topological polar surface area (TPSA) is 17.1 Å². The number of carbonyl (C=O) groups excluding carboxylic acids is 1. The van der Waals surface area contributed by atoms with Crippen molar-refractivity contribution >= 4 is 34.6 Å². The summed E-state index contributed by atoms with van der Waals surface area (Å²) in [4.78, 5) is 10.7. The molecule has 0 aliphatic heterocycles. The molecule has 0 heterocycles. The average molecular weight is 291 g/mol. The van der Waals surface area contributed by atoms with Crippen molar-refractivity contribution in [3.05, 3.63) is 77.9 Å². The molecule has 19 heavy (non-hydrogen) atoms. The third-order valence-corrected chi connectivity index (χ3v) is 3.10. The van der Waals surface area contributed by atoms with Crippen LogP contribution in [0.2, 0.25) is 0 Å². The van der Waals surface area contributed by atoms with Gasteiger partial charge in [-0.25, -0.2) is 0 Å². The van der Waals surface area contributed by atoms with E-state index in [1.54, 1.807) is 0 Å². The third-order valence-electron chi connectivity index (χ3n) is 2.67. The van der Waals surface area contributed by atoms with Gasteiger partial charge in [-0.2, -0.15) is 0 Å². The Morgan fingerprint density at radius 3 is 1.63 bits per heavy atom. The lowest BCUT2D eigenvalue weighted by atomic mass is 9.97. The Hall–Kier alpha value is -1.57. The maximum atomic E-state index is 11.8. The van der Waals surface area contributed by atoms with Crippen LogP contribution in [0.15, 0.2) is 66.7 Å². The van der Waals surface area contributed by atoms with Crippen LogP contribution in [0.3, 0.4) is 0 Å². The monoisotopic (exact) mass is 290 g/mol. The number of allylic oxidation sites excluding steroid dienone is 1. The molecular weight excluding hydrogens is 279 g/mol. The summed E-state index contributed by atoms with van der Waals surface area (Å²) in [6.45, 7) is 0. The molecule has 0 unspecified atom stereocenters. The Kier molecular flexibility index (Phi) is 4.78. The highest BCUT2D eigenvalue weighted by Crippen LogP contribution is 2.24. The van der Waals surface area contributed by atoms with E-state index in [0.29, 0.717) is 0 Å². The molecule has 3 heteroatoms. The van der Waals surface area contributed by atoms with E-state index in [1.807, 2.05) is 60.7 Å². The predicted molar refractivity (Wildman–Crippen MR) is 80.5 cm³/mol. The smallest absolute Gasteiger partial charge is 0.189 e. The van der Waals surface area contributed by atoms with E-state index in [9.17, 15) is 4.79 Å². The SMILES string of the molecule is O=C(C=C(c1ccccc1)c1ccccc1)C(Cl)Cl. The average Bonchev–Trinajstić information content (AvgIpc) is 2.46. The second-order valence-corrected chi connectivity index (χ2v) is 5.09. The molecule has 0 N–H and O–H groups in total. The number of carbonyl (C=O) groups is 1. The molecule has 0 aliphatic rings. The summed E-state index contributed by atoms with van der Waals surface area (Å²) in [6, 6.07) is 19.4. The molecule has 0 atom stereocenters. The largest absolute Gasteiger partial charge is 0.292 e. The lowest BCUT2D eigenvalue weighted by molar-refractivity contribution is -0.113. The van der Waals surface area contributed by atoms with Crippen molar-refractivity contribution < 1.29 is 4.79 Å². The first-order valence-corrected chi connectivity index (χ1v) is 6.70. The zero-order valence-electron chi connectivity index (χ0n) is 10.1. The quantitative estimate of drug-likeness (QED) is 0.599. The first-order chi connectivity index (χ1) is 9.18. The van der Waals surface area contributed by atoms with Crippen LogP contribution < -0.4 is 0 Å². The minimum absolute atomic E-state index is 0.314. The van der Waals surface area contributed by atoms with E-state index in [4.69, 9.17) is 23.2 Å². The maximum absolute atomic E-state index is 11.8. The normalized spacial score (nSPS) is 10.3. The van der Waals surface area contributed by atoms with E-state index in [-0.39, 0.29) is 5.78 Å². The van der Waals surface area contributed by atoms with Gasteiger partial charge in [0, 0.05) is 0 Å². The molecule has 0 aromatic heterocycles. The fraction of sp³-hybridized carbons (Fsp3) is 0.0625. The number of ketones is 1. The van der Waals surface area contributed by atoms with Gasteiger partial charge in [-0.05, 0) is 22.8 Å². The van der Waals surface area contributed by atoms with Crippen molar-refractivity contribution in [2.45, 2.75) is 4.84 Å². The van der Waals surface area contributed by atoms with Crippen molar-refractivity contribution in [3.63, 3.8) is 0 Å². The molecule has 0 saturated heterocycles. The molecular formula is C16H12Cl2O. The van der Waals surface area contributed by atoms with Crippen LogP contribution in [-0.4, -0.2) is 10.6 Å². The zero-order valence-corrected chi connectivity index (χ0v) is 11.6. The molecule has 2 rings (SSSR count). The summed E-state index contributed by atoms with van der Waals surface area (Å²) in [7, 11) is 0. The summed E-state index contributed by atoms with van der Waals surface area (Å²) >= 11 is 11.2. The van der Waals surface area contributed by atoms with Crippen molar-refractivity contribution in [1.82, 2.24) is 0 Å². The van der Waals surface area contributed by atoms with E-state index in [1.165, 1.54) is 6.08 Å². The molecule has 2 aromatic rings. The van der Waals surface area contributed by atoms with Crippen LogP contribution in [0.4, 0.5) is 0 Å². The van der Waals surface area contributed by atoms with Gasteiger partial charge in [0.25, 0.3) is 0 Å². The van der Waals surface area contributed by atoms with Gasteiger partial charge < -0.3 is 0 Å². The minimum Gasteiger partial charge on any atom is -0.292 e. The number of hydrogen-bond donors (Lipinski definition) is 0. The Balaban J connectivity index is 2.49. The van der Waals surface area contributed by atoms with E-state index >= 15 is 0 Å². The lowest BCUT2D eigenvalue weighted by Crippen LogP contribution is -2.05. The van der Waals surface area contributed by atoms with Gasteiger partial charge in [-0.1, -0.05) is 83.9 Å². The molecule has 0 saturated carbocycles. The Morgan fingerprint density at radius 2 is 1.26 bits per heavy atom. The Bertz CT molecular complexity index is 533. The Labute approximate surface area is 122 Å². The fourth-order valence-corrected chi connectivity index (χ4v) is 1.90. The van der Waals surface area contributed by atoms with Crippen LogP contribution in [-0.2, 0) is 4.79 Å². The van der Waals surface area contributed by atoms with E-state index in [0.717, 1.165) is 16.7 Å². The van der Waals surface area contributed by atoms with Crippen molar-refractivity contribution in [1.29, 1.82) is 0 Å². The predicted octanol–water partition coefficient (Wildman–Crippen LogP) is 4.49.